The lowest BCUT2D eigenvalue weighted by Crippen LogP contribution is -1.82. The molecule has 138 valence electrons. The third kappa shape index (κ3) is 2.65. The van der Waals surface area contributed by atoms with Crippen molar-refractivity contribution < 1.29 is 0 Å². The number of aromatic amines is 2. The zero-order valence-electron chi connectivity index (χ0n) is 15.3. The van der Waals surface area contributed by atoms with E-state index in [2.05, 4.69) is 66.9 Å². The van der Waals surface area contributed by atoms with Crippen molar-refractivity contribution in [3.8, 4) is 33.1 Å². The molecule has 0 saturated carbocycles. The maximum atomic E-state index is 4.59. The zero-order chi connectivity index (χ0) is 19.2. The minimum atomic E-state index is 0.895. The monoisotopic (exact) mass is 393 g/mol. The number of aromatic nitrogens is 5. The number of rotatable bonds is 3. The first-order valence-electron chi connectivity index (χ1n) is 9.27. The van der Waals surface area contributed by atoms with Crippen LogP contribution in [0.5, 0.6) is 0 Å². The molecule has 5 heterocycles. The lowest BCUT2D eigenvalue weighted by molar-refractivity contribution is 1.12. The van der Waals surface area contributed by atoms with Crippen molar-refractivity contribution in [3.05, 3.63) is 78.6 Å². The molecule has 0 aliphatic rings. The second-order valence-electron chi connectivity index (χ2n) is 6.86. The van der Waals surface area contributed by atoms with Gasteiger partial charge in [0.2, 0.25) is 0 Å². The van der Waals surface area contributed by atoms with Crippen molar-refractivity contribution >= 4 is 33.1 Å². The van der Waals surface area contributed by atoms with E-state index in [0.717, 1.165) is 50.0 Å². The highest BCUT2D eigenvalue weighted by Crippen LogP contribution is 2.35. The summed E-state index contributed by atoms with van der Waals surface area (Å²) in [5.74, 6) is 0. The summed E-state index contributed by atoms with van der Waals surface area (Å²) in [6, 6.07) is 18.5. The Balaban J connectivity index is 1.53. The van der Waals surface area contributed by atoms with Crippen LogP contribution >= 0.6 is 11.3 Å². The molecule has 0 aliphatic heterocycles. The molecule has 6 heteroatoms. The third-order valence-corrected chi connectivity index (χ3v) is 6.01. The molecule has 0 unspecified atom stereocenters. The molecule has 0 aliphatic carbocycles. The van der Waals surface area contributed by atoms with Gasteiger partial charge in [0, 0.05) is 39.2 Å². The van der Waals surface area contributed by atoms with Gasteiger partial charge in [0.05, 0.1) is 28.6 Å². The fraction of sp³-hybridized carbons (Fsp3) is 0. The summed E-state index contributed by atoms with van der Waals surface area (Å²) < 4.78 is 0. The number of fused-ring (bicyclic) bond motifs is 2. The summed E-state index contributed by atoms with van der Waals surface area (Å²) >= 11 is 1.72. The van der Waals surface area contributed by atoms with Crippen LogP contribution in [-0.4, -0.2) is 25.1 Å². The number of benzene rings is 1. The summed E-state index contributed by atoms with van der Waals surface area (Å²) in [5.41, 5.74) is 7.01. The number of hydrogen-bond acceptors (Lipinski definition) is 4. The molecule has 29 heavy (non-hydrogen) atoms. The van der Waals surface area contributed by atoms with Gasteiger partial charge in [-0.05, 0) is 41.8 Å². The van der Waals surface area contributed by atoms with E-state index in [1.807, 2.05) is 36.8 Å². The van der Waals surface area contributed by atoms with Crippen LogP contribution in [-0.2, 0) is 0 Å². The highest BCUT2D eigenvalue weighted by atomic mass is 32.1. The fourth-order valence-corrected chi connectivity index (χ4v) is 4.47. The number of hydrogen-bond donors (Lipinski definition) is 2. The average molecular weight is 393 g/mol. The first-order chi connectivity index (χ1) is 14.4. The molecule has 1 aromatic carbocycles. The van der Waals surface area contributed by atoms with Crippen LogP contribution in [0.25, 0.3) is 54.9 Å². The maximum Gasteiger partial charge on any atom is 0.116 e. The highest BCUT2D eigenvalue weighted by molar-refractivity contribution is 7.13. The Morgan fingerprint density at radius 1 is 0.862 bits per heavy atom. The molecule has 0 atom stereocenters. The van der Waals surface area contributed by atoms with E-state index in [1.165, 1.54) is 4.88 Å². The molecule has 0 radical (unpaired) electrons. The zero-order valence-corrected chi connectivity index (χ0v) is 16.1. The average Bonchev–Trinajstić information content (AvgIpc) is 3.52. The molecule has 5 nitrogen and oxygen atoms in total. The number of nitrogens with zero attached hydrogens (tertiary/aromatic N) is 3. The Morgan fingerprint density at radius 2 is 1.86 bits per heavy atom. The minimum Gasteiger partial charge on any atom is -0.352 e. The topological polar surface area (TPSA) is 70.2 Å². The molecule has 0 fully saturated rings. The molecule has 2 N–H and O–H groups in total. The third-order valence-electron chi connectivity index (χ3n) is 5.11. The molecule has 0 spiro atoms. The van der Waals surface area contributed by atoms with Gasteiger partial charge in [0.15, 0.2) is 0 Å². The highest BCUT2D eigenvalue weighted by Gasteiger charge is 2.15. The molecular formula is C23H15N5S. The predicted molar refractivity (Wildman–Crippen MR) is 118 cm³/mol. The van der Waals surface area contributed by atoms with Crippen molar-refractivity contribution in [1.82, 2.24) is 25.1 Å². The summed E-state index contributed by atoms with van der Waals surface area (Å²) in [6.45, 7) is 0. The number of H-pyrrole nitrogens is 2. The van der Waals surface area contributed by atoms with Crippen LogP contribution < -0.4 is 0 Å². The van der Waals surface area contributed by atoms with Crippen molar-refractivity contribution in [2.24, 2.45) is 0 Å². The summed E-state index contributed by atoms with van der Waals surface area (Å²) in [6.07, 6.45) is 5.60. The minimum absolute atomic E-state index is 0.895. The summed E-state index contributed by atoms with van der Waals surface area (Å²) in [4.78, 5) is 13.6. The Hall–Kier alpha value is -3.77. The van der Waals surface area contributed by atoms with Crippen molar-refractivity contribution in [2.45, 2.75) is 0 Å². The van der Waals surface area contributed by atoms with E-state index in [9.17, 15) is 0 Å². The SMILES string of the molecule is c1ccc(-c2ccc3[nH]nc(-c4cc5c(-c6cccs6)cncc5[nH]4)c3c2)nc1. The van der Waals surface area contributed by atoms with Crippen molar-refractivity contribution in [1.29, 1.82) is 0 Å². The van der Waals surface area contributed by atoms with Gasteiger partial charge in [-0.2, -0.15) is 5.10 Å². The molecule has 0 bridgehead atoms. The van der Waals surface area contributed by atoms with Gasteiger partial charge in [0.25, 0.3) is 0 Å². The van der Waals surface area contributed by atoms with E-state index in [-0.39, 0.29) is 0 Å². The van der Waals surface area contributed by atoms with Crippen molar-refractivity contribution in [3.63, 3.8) is 0 Å². The van der Waals surface area contributed by atoms with Crippen molar-refractivity contribution in [2.75, 3.05) is 0 Å². The van der Waals surface area contributed by atoms with Gasteiger partial charge in [-0.25, -0.2) is 0 Å². The number of thiophene rings is 1. The van der Waals surface area contributed by atoms with Gasteiger partial charge in [-0.1, -0.05) is 18.2 Å². The normalized spacial score (nSPS) is 11.4. The predicted octanol–water partition coefficient (Wildman–Crippen LogP) is 5.90. The van der Waals surface area contributed by atoms with Gasteiger partial charge >= 0.3 is 0 Å². The van der Waals surface area contributed by atoms with E-state index in [1.54, 1.807) is 11.3 Å². The Morgan fingerprint density at radius 3 is 2.72 bits per heavy atom. The maximum absolute atomic E-state index is 4.59. The fourth-order valence-electron chi connectivity index (χ4n) is 3.72. The van der Waals surface area contributed by atoms with E-state index in [4.69, 9.17) is 0 Å². The van der Waals surface area contributed by atoms with Gasteiger partial charge < -0.3 is 4.98 Å². The first-order valence-corrected chi connectivity index (χ1v) is 10.2. The smallest absolute Gasteiger partial charge is 0.116 e. The molecular weight excluding hydrogens is 378 g/mol. The Kier molecular flexibility index (Phi) is 3.57. The molecule has 5 aromatic heterocycles. The molecule has 0 saturated heterocycles. The van der Waals surface area contributed by atoms with Crippen LogP contribution in [0.4, 0.5) is 0 Å². The Bertz CT molecular complexity index is 1450. The molecule has 0 amide bonds. The molecule has 6 aromatic rings. The van der Waals surface area contributed by atoms with Gasteiger partial charge in [-0.3, -0.25) is 15.1 Å². The van der Waals surface area contributed by atoms with E-state index < -0.39 is 0 Å². The quantitative estimate of drug-likeness (QED) is 0.393. The van der Waals surface area contributed by atoms with Gasteiger partial charge in [0.1, 0.15) is 5.69 Å². The molecule has 6 rings (SSSR count). The standard InChI is InChI=1S/C23H15N5S/c1-2-8-25-18(4-1)14-6-7-19-16(10-14)23(28-27-19)20-11-15-17(22-5-3-9-29-22)12-24-13-21(15)26-20/h1-13,26H,(H,27,28). The summed E-state index contributed by atoms with van der Waals surface area (Å²) in [7, 11) is 0. The largest absolute Gasteiger partial charge is 0.352 e. The lowest BCUT2D eigenvalue weighted by Gasteiger charge is -2.01. The van der Waals surface area contributed by atoms with E-state index in [0.29, 0.717) is 0 Å². The Labute approximate surface area is 170 Å². The van der Waals surface area contributed by atoms with Crippen LogP contribution in [0.3, 0.4) is 0 Å². The number of pyridine rings is 2. The van der Waals surface area contributed by atoms with Crippen LogP contribution in [0, 0.1) is 0 Å². The van der Waals surface area contributed by atoms with Gasteiger partial charge in [-0.15, -0.1) is 11.3 Å². The second kappa shape index (κ2) is 6.39. The van der Waals surface area contributed by atoms with Crippen LogP contribution in [0.1, 0.15) is 0 Å². The first kappa shape index (κ1) is 16.2. The lowest BCUT2D eigenvalue weighted by atomic mass is 10.1. The van der Waals surface area contributed by atoms with Crippen LogP contribution in [0.15, 0.2) is 78.6 Å². The van der Waals surface area contributed by atoms with Crippen LogP contribution in [0.2, 0.25) is 0 Å². The second-order valence-corrected chi connectivity index (χ2v) is 7.80. The summed E-state index contributed by atoms with van der Waals surface area (Å²) in [5, 5.41) is 12.0. The number of nitrogens with one attached hydrogen (secondary N) is 2. The van der Waals surface area contributed by atoms with E-state index >= 15 is 0 Å².